The van der Waals surface area contributed by atoms with Gasteiger partial charge in [0.1, 0.15) is 23.6 Å². The molecular formula is C25H25FN6O2. The third kappa shape index (κ3) is 4.45. The fourth-order valence-electron chi connectivity index (χ4n) is 3.73. The third-order valence-electron chi connectivity index (χ3n) is 5.70. The first-order chi connectivity index (χ1) is 16.3. The number of urea groups is 1. The SMILES string of the molecule is CCC(C)n1cc(C(=O)c2cccc(NC(=O)Nc3cc(C)ccc3F)c2)c2c(N)ncnc21. The highest BCUT2D eigenvalue weighted by atomic mass is 19.1. The summed E-state index contributed by atoms with van der Waals surface area (Å²) in [6.45, 7) is 5.88. The van der Waals surface area contributed by atoms with Crippen molar-refractivity contribution >= 4 is 40.0 Å². The lowest BCUT2D eigenvalue weighted by atomic mass is 10.0. The smallest absolute Gasteiger partial charge is 0.323 e. The number of nitrogens with zero attached hydrogens (tertiary/aromatic N) is 3. The van der Waals surface area contributed by atoms with Crippen molar-refractivity contribution in [1.29, 1.82) is 0 Å². The number of amides is 2. The number of carbonyl (C=O) groups excluding carboxylic acids is 2. The number of carbonyl (C=O) groups is 2. The summed E-state index contributed by atoms with van der Waals surface area (Å²) in [5.41, 5.74) is 8.70. The molecular weight excluding hydrogens is 435 g/mol. The van der Waals surface area contributed by atoms with Crippen LogP contribution in [0.3, 0.4) is 0 Å². The number of halogens is 1. The van der Waals surface area contributed by atoms with Gasteiger partial charge in [-0.2, -0.15) is 0 Å². The van der Waals surface area contributed by atoms with Gasteiger partial charge in [0.2, 0.25) is 0 Å². The van der Waals surface area contributed by atoms with Crippen molar-refractivity contribution in [1.82, 2.24) is 14.5 Å². The van der Waals surface area contributed by atoms with Gasteiger partial charge in [0.15, 0.2) is 5.78 Å². The molecule has 1 atom stereocenters. The Morgan fingerprint density at radius 2 is 1.94 bits per heavy atom. The lowest BCUT2D eigenvalue weighted by molar-refractivity contribution is 0.104. The molecule has 0 aliphatic rings. The summed E-state index contributed by atoms with van der Waals surface area (Å²) in [6.07, 6.45) is 3.97. The van der Waals surface area contributed by atoms with Crippen molar-refractivity contribution in [3.8, 4) is 0 Å². The van der Waals surface area contributed by atoms with Crippen LogP contribution < -0.4 is 16.4 Å². The Hall–Kier alpha value is -4.27. The topological polar surface area (TPSA) is 115 Å². The van der Waals surface area contributed by atoms with Crippen LogP contribution >= 0.6 is 0 Å². The minimum absolute atomic E-state index is 0.0676. The molecule has 2 aromatic heterocycles. The molecule has 4 rings (SSSR count). The van der Waals surface area contributed by atoms with Crippen LogP contribution in [0.4, 0.5) is 26.4 Å². The Morgan fingerprint density at radius 1 is 1.15 bits per heavy atom. The predicted molar refractivity (Wildman–Crippen MR) is 131 cm³/mol. The zero-order valence-electron chi connectivity index (χ0n) is 19.1. The minimum Gasteiger partial charge on any atom is -0.383 e. The van der Waals surface area contributed by atoms with Gasteiger partial charge >= 0.3 is 6.03 Å². The summed E-state index contributed by atoms with van der Waals surface area (Å²) in [4.78, 5) is 34.3. The number of hydrogen-bond acceptors (Lipinski definition) is 5. The fraction of sp³-hybridized carbons (Fsp3) is 0.200. The number of nitrogens with one attached hydrogen (secondary N) is 2. The number of aromatic nitrogens is 3. The molecule has 0 aliphatic carbocycles. The highest BCUT2D eigenvalue weighted by Gasteiger charge is 2.22. The Kier molecular flexibility index (Phi) is 6.27. The molecule has 2 amide bonds. The maximum Gasteiger partial charge on any atom is 0.323 e. The van der Waals surface area contributed by atoms with Gasteiger partial charge in [0.25, 0.3) is 0 Å². The number of fused-ring (bicyclic) bond motifs is 1. The van der Waals surface area contributed by atoms with Gasteiger partial charge in [0, 0.05) is 23.5 Å². The molecule has 1 unspecified atom stereocenters. The van der Waals surface area contributed by atoms with Crippen molar-refractivity contribution in [3.05, 3.63) is 77.5 Å². The largest absolute Gasteiger partial charge is 0.383 e. The Labute approximate surface area is 196 Å². The summed E-state index contributed by atoms with van der Waals surface area (Å²) >= 11 is 0. The van der Waals surface area contributed by atoms with Gasteiger partial charge in [-0.15, -0.1) is 0 Å². The first kappa shape index (κ1) is 22.9. The zero-order valence-corrected chi connectivity index (χ0v) is 19.1. The fourth-order valence-corrected chi connectivity index (χ4v) is 3.73. The van der Waals surface area contributed by atoms with Crippen LogP contribution in [0.25, 0.3) is 11.0 Å². The standard InChI is InChI=1S/C25H25FN6O2/c1-4-15(3)32-12-18(21-23(27)28-13-29-24(21)32)22(33)16-6-5-7-17(11-16)30-25(34)31-20-10-14(2)8-9-19(20)26/h5-13,15H,4H2,1-3H3,(H2,27,28,29)(H2,30,31,34). The van der Waals surface area contributed by atoms with Crippen molar-refractivity contribution < 1.29 is 14.0 Å². The average molecular weight is 461 g/mol. The van der Waals surface area contributed by atoms with Crippen LogP contribution in [0.2, 0.25) is 0 Å². The van der Waals surface area contributed by atoms with E-state index in [4.69, 9.17) is 5.73 Å². The van der Waals surface area contributed by atoms with Gasteiger partial charge in [-0.25, -0.2) is 19.2 Å². The molecule has 0 saturated carbocycles. The van der Waals surface area contributed by atoms with Crippen molar-refractivity contribution in [3.63, 3.8) is 0 Å². The first-order valence-electron chi connectivity index (χ1n) is 10.9. The number of hydrogen-bond donors (Lipinski definition) is 3. The van der Waals surface area contributed by atoms with E-state index in [0.717, 1.165) is 12.0 Å². The van der Waals surface area contributed by atoms with Crippen LogP contribution in [-0.2, 0) is 0 Å². The molecule has 0 saturated heterocycles. The number of rotatable bonds is 6. The normalized spacial score (nSPS) is 11.9. The summed E-state index contributed by atoms with van der Waals surface area (Å²) in [7, 11) is 0. The lowest BCUT2D eigenvalue weighted by Gasteiger charge is -2.11. The van der Waals surface area contributed by atoms with Crippen molar-refractivity contribution in [2.75, 3.05) is 16.4 Å². The second-order valence-electron chi connectivity index (χ2n) is 8.14. The van der Waals surface area contributed by atoms with E-state index in [1.807, 2.05) is 18.4 Å². The third-order valence-corrected chi connectivity index (χ3v) is 5.70. The van der Waals surface area contributed by atoms with Gasteiger partial charge in [-0.1, -0.05) is 25.1 Å². The number of ketones is 1. The quantitative estimate of drug-likeness (QED) is 0.338. The van der Waals surface area contributed by atoms with E-state index in [1.54, 1.807) is 43.5 Å². The van der Waals surface area contributed by atoms with Crippen LogP contribution in [0.15, 0.2) is 55.0 Å². The summed E-state index contributed by atoms with van der Waals surface area (Å²) in [5.74, 6) is -0.589. The molecule has 174 valence electrons. The van der Waals surface area contributed by atoms with E-state index < -0.39 is 11.8 Å². The van der Waals surface area contributed by atoms with Crippen LogP contribution in [0.1, 0.15) is 47.8 Å². The minimum atomic E-state index is -0.625. The van der Waals surface area contributed by atoms with E-state index in [2.05, 4.69) is 20.6 Å². The second kappa shape index (κ2) is 9.30. The van der Waals surface area contributed by atoms with E-state index in [9.17, 15) is 14.0 Å². The molecule has 9 heteroatoms. The second-order valence-corrected chi connectivity index (χ2v) is 8.14. The molecule has 34 heavy (non-hydrogen) atoms. The Bertz CT molecular complexity index is 1400. The summed E-state index contributed by atoms with van der Waals surface area (Å²) < 4.78 is 15.9. The highest BCUT2D eigenvalue weighted by Crippen LogP contribution is 2.30. The molecule has 0 bridgehead atoms. The van der Waals surface area contributed by atoms with E-state index >= 15 is 0 Å². The van der Waals surface area contributed by atoms with Gasteiger partial charge in [0.05, 0.1) is 16.6 Å². The van der Waals surface area contributed by atoms with E-state index in [1.165, 1.54) is 18.5 Å². The number of aryl methyl sites for hydroxylation is 1. The maximum absolute atomic E-state index is 14.0. The van der Waals surface area contributed by atoms with Gasteiger partial charge in [-0.3, -0.25) is 4.79 Å². The number of nitrogens with two attached hydrogens (primary N) is 1. The molecule has 2 heterocycles. The van der Waals surface area contributed by atoms with Crippen molar-refractivity contribution in [2.45, 2.75) is 33.2 Å². The Morgan fingerprint density at radius 3 is 2.71 bits per heavy atom. The number of benzene rings is 2. The average Bonchev–Trinajstić information content (AvgIpc) is 3.21. The Balaban J connectivity index is 1.62. The number of anilines is 3. The molecule has 2 aromatic carbocycles. The monoisotopic (exact) mass is 460 g/mol. The number of nitrogen functional groups attached to an aromatic ring is 1. The zero-order chi connectivity index (χ0) is 24.4. The molecule has 0 fully saturated rings. The highest BCUT2D eigenvalue weighted by molar-refractivity contribution is 6.18. The molecule has 0 spiro atoms. The van der Waals surface area contributed by atoms with Crippen LogP contribution in [0, 0.1) is 12.7 Å². The van der Waals surface area contributed by atoms with Crippen LogP contribution in [-0.4, -0.2) is 26.3 Å². The van der Waals surface area contributed by atoms with Gasteiger partial charge < -0.3 is 20.9 Å². The molecule has 4 aromatic rings. The molecule has 4 N–H and O–H groups in total. The maximum atomic E-state index is 14.0. The van der Waals surface area contributed by atoms with E-state index in [0.29, 0.717) is 27.8 Å². The van der Waals surface area contributed by atoms with Crippen LogP contribution in [0.5, 0.6) is 0 Å². The molecule has 8 nitrogen and oxygen atoms in total. The predicted octanol–water partition coefficient (Wildman–Crippen LogP) is 5.31. The van der Waals surface area contributed by atoms with E-state index in [-0.39, 0.29) is 23.3 Å². The molecule has 0 aliphatic heterocycles. The first-order valence-corrected chi connectivity index (χ1v) is 10.9. The lowest BCUT2D eigenvalue weighted by Crippen LogP contribution is -2.20. The summed E-state index contributed by atoms with van der Waals surface area (Å²) in [5, 5.41) is 5.63. The summed E-state index contributed by atoms with van der Waals surface area (Å²) in [6, 6.07) is 10.4. The van der Waals surface area contributed by atoms with Crippen molar-refractivity contribution in [2.24, 2.45) is 0 Å². The van der Waals surface area contributed by atoms with Gasteiger partial charge in [-0.05, 0) is 50.1 Å². The molecule has 0 radical (unpaired) electrons.